The van der Waals surface area contributed by atoms with Crippen LogP contribution in [0.5, 0.6) is 0 Å². The maximum atomic E-state index is 14.1. The van der Waals surface area contributed by atoms with Crippen LogP contribution in [0.15, 0.2) is 36.4 Å². The lowest BCUT2D eigenvalue weighted by Crippen LogP contribution is -2.48. The van der Waals surface area contributed by atoms with E-state index in [1.165, 1.54) is 12.1 Å². The molecule has 1 atom stereocenters. The second-order valence-corrected chi connectivity index (χ2v) is 9.20. The number of rotatable bonds is 5. The van der Waals surface area contributed by atoms with Gasteiger partial charge >= 0.3 is 0 Å². The van der Waals surface area contributed by atoms with Crippen LogP contribution in [0.25, 0.3) is 22.2 Å². The van der Waals surface area contributed by atoms with Crippen molar-refractivity contribution in [2.45, 2.75) is 31.8 Å². The van der Waals surface area contributed by atoms with Crippen LogP contribution in [-0.4, -0.2) is 65.2 Å². The molecule has 3 amide bonds. The molecule has 3 aromatic rings. The number of benzene rings is 2. The van der Waals surface area contributed by atoms with Crippen molar-refractivity contribution in [1.29, 1.82) is 0 Å². The summed E-state index contributed by atoms with van der Waals surface area (Å²) in [6.45, 7) is 1.36. The average molecular weight is 478 g/mol. The molecule has 1 fully saturated rings. The number of carbonyl (C=O) groups is 3. The van der Waals surface area contributed by atoms with E-state index in [4.69, 9.17) is 5.73 Å². The molecule has 2 aromatic carbocycles. The number of likely N-dealkylation sites (tertiary alicyclic amines) is 1. The number of amides is 3. The van der Waals surface area contributed by atoms with Crippen molar-refractivity contribution in [3.8, 4) is 11.3 Å². The molecule has 8 nitrogen and oxygen atoms in total. The minimum atomic E-state index is -0.457. The minimum Gasteiger partial charge on any atom is -0.354 e. The first-order chi connectivity index (χ1) is 16.9. The predicted molar refractivity (Wildman–Crippen MR) is 130 cm³/mol. The Morgan fingerprint density at radius 3 is 2.74 bits per heavy atom. The maximum absolute atomic E-state index is 14.1. The van der Waals surface area contributed by atoms with Gasteiger partial charge in [0.25, 0.3) is 5.91 Å². The summed E-state index contributed by atoms with van der Waals surface area (Å²) in [4.78, 5) is 44.0. The van der Waals surface area contributed by atoms with E-state index in [-0.39, 0.29) is 24.3 Å². The minimum absolute atomic E-state index is 0.0867. The van der Waals surface area contributed by atoms with Gasteiger partial charge in [-0.2, -0.15) is 0 Å². The second kappa shape index (κ2) is 9.14. The van der Waals surface area contributed by atoms with Crippen molar-refractivity contribution in [1.82, 2.24) is 20.1 Å². The van der Waals surface area contributed by atoms with Gasteiger partial charge in [-0.25, -0.2) is 4.39 Å². The molecule has 182 valence electrons. The lowest BCUT2D eigenvalue weighted by molar-refractivity contribution is -0.142. The van der Waals surface area contributed by atoms with Gasteiger partial charge in [0.2, 0.25) is 11.8 Å². The van der Waals surface area contributed by atoms with Crippen molar-refractivity contribution < 1.29 is 18.8 Å². The number of hydrogen-bond donors (Lipinski definition) is 3. The molecule has 4 N–H and O–H groups in total. The summed E-state index contributed by atoms with van der Waals surface area (Å²) in [6.07, 6.45) is 2.08. The molecule has 1 saturated heterocycles. The Kier molecular flexibility index (Phi) is 6.02. The Morgan fingerprint density at radius 2 is 2.00 bits per heavy atom. The standard InChI is InChI=1S/C26H28FN5O3/c1-31(26(35)21-3-2-10-32(21)22(33)13-28)14-15-4-6-16(7-5-15)24-18-8-9-29-25(34)19-11-17(27)12-20(30-24)23(18)19/h4-7,11-12,21,30H,2-3,8-10,13-14,28H2,1H3,(H,29,34). The molecule has 9 heteroatoms. The Hall–Kier alpha value is -3.72. The van der Waals surface area contributed by atoms with Gasteiger partial charge in [-0.3, -0.25) is 14.4 Å². The molecule has 1 aromatic heterocycles. The molecule has 5 rings (SSSR count). The number of nitrogens with zero attached hydrogens (tertiary/aromatic N) is 2. The highest BCUT2D eigenvalue weighted by molar-refractivity contribution is 6.10. The number of aromatic amines is 1. The van der Waals surface area contributed by atoms with Crippen LogP contribution >= 0.6 is 0 Å². The third-order valence-electron chi connectivity index (χ3n) is 6.94. The van der Waals surface area contributed by atoms with Crippen molar-refractivity contribution in [2.24, 2.45) is 5.73 Å². The van der Waals surface area contributed by atoms with Gasteiger partial charge in [-0.1, -0.05) is 24.3 Å². The first kappa shape index (κ1) is 23.0. The van der Waals surface area contributed by atoms with Crippen LogP contribution in [0.2, 0.25) is 0 Å². The first-order valence-electron chi connectivity index (χ1n) is 11.8. The van der Waals surface area contributed by atoms with Crippen LogP contribution in [0.1, 0.15) is 34.3 Å². The Morgan fingerprint density at radius 1 is 1.23 bits per heavy atom. The fourth-order valence-corrected chi connectivity index (χ4v) is 5.26. The molecule has 1 unspecified atom stereocenters. The summed E-state index contributed by atoms with van der Waals surface area (Å²) >= 11 is 0. The summed E-state index contributed by atoms with van der Waals surface area (Å²) in [6, 6.07) is 10.1. The highest BCUT2D eigenvalue weighted by Crippen LogP contribution is 2.35. The summed E-state index contributed by atoms with van der Waals surface area (Å²) in [7, 11) is 1.74. The van der Waals surface area contributed by atoms with E-state index in [1.807, 2.05) is 24.3 Å². The number of halogens is 1. The maximum Gasteiger partial charge on any atom is 0.252 e. The fourth-order valence-electron chi connectivity index (χ4n) is 5.26. The molecule has 0 radical (unpaired) electrons. The van der Waals surface area contributed by atoms with Gasteiger partial charge in [-0.05, 0) is 48.1 Å². The molecule has 0 bridgehead atoms. The normalized spacial score (nSPS) is 17.4. The number of H-pyrrole nitrogens is 1. The van der Waals surface area contributed by atoms with Gasteiger partial charge in [0, 0.05) is 43.3 Å². The summed E-state index contributed by atoms with van der Waals surface area (Å²) in [5, 5.41) is 3.60. The van der Waals surface area contributed by atoms with Crippen LogP contribution in [0.3, 0.4) is 0 Å². The van der Waals surface area contributed by atoms with Gasteiger partial charge in [0.15, 0.2) is 0 Å². The smallest absolute Gasteiger partial charge is 0.252 e. The lowest BCUT2D eigenvalue weighted by Gasteiger charge is -2.28. The molecule has 0 saturated carbocycles. The number of nitrogens with two attached hydrogens (primary N) is 1. The summed E-state index contributed by atoms with van der Waals surface area (Å²) < 4.78 is 14.1. The Balaban J connectivity index is 1.37. The fraction of sp³-hybridized carbons (Fsp3) is 0.346. The zero-order valence-corrected chi connectivity index (χ0v) is 19.6. The zero-order valence-electron chi connectivity index (χ0n) is 19.6. The van der Waals surface area contributed by atoms with E-state index in [2.05, 4.69) is 10.3 Å². The zero-order chi connectivity index (χ0) is 24.7. The highest BCUT2D eigenvalue weighted by Gasteiger charge is 2.35. The SMILES string of the molecule is CN(Cc1ccc(-c2[nH]c3cc(F)cc4c3c2CCNC4=O)cc1)C(=O)C1CCCN1C(=O)CN. The molecular formula is C26H28FN5O3. The monoisotopic (exact) mass is 477 g/mol. The summed E-state index contributed by atoms with van der Waals surface area (Å²) in [5.74, 6) is -1.01. The van der Waals surface area contributed by atoms with Crippen LogP contribution < -0.4 is 11.1 Å². The molecule has 0 aliphatic carbocycles. The molecular weight excluding hydrogens is 449 g/mol. The summed E-state index contributed by atoms with van der Waals surface area (Å²) in [5.41, 5.74) is 10.2. The number of carbonyl (C=O) groups excluding carboxylic acids is 3. The van der Waals surface area contributed by atoms with Gasteiger partial charge in [-0.15, -0.1) is 0 Å². The van der Waals surface area contributed by atoms with E-state index in [0.717, 1.165) is 34.2 Å². The number of aromatic nitrogens is 1. The Labute approximate surface area is 202 Å². The average Bonchev–Trinajstić information content (AvgIpc) is 3.44. The highest BCUT2D eigenvalue weighted by atomic mass is 19.1. The lowest BCUT2D eigenvalue weighted by atomic mass is 9.99. The number of nitrogens with one attached hydrogen (secondary N) is 2. The van der Waals surface area contributed by atoms with Crippen molar-refractivity contribution in [3.05, 3.63) is 58.9 Å². The van der Waals surface area contributed by atoms with E-state index in [0.29, 0.717) is 43.6 Å². The van der Waals surface area contributed by atoms with Crippen molar-refractivity contribution >= 4 is 28.6 Å². The molecule has 0 spiro atoms. The van der Waals surface area contributed by atoms with Gasteiger partial charge in [0.05, 0.1) is 12.1 Å². The Bertz CT molecular complexity index is 1320. The molecule has 35 heavy (non-hydrogen) atoms. The van der Waals surface area contributed by atoms with E-state index in [1.54, 1.807) is 16.8 Å². The van der Waals surface area contributed by atoms with E-state index < -0.39 is 11.9 Å². The van der Waals surface area contributed by atoms with Gasteiger partial charge in [0.1, 0.15) is 11.9 Å². The quantitative estimate of drug-likeness (QED) is 0.523. The topological polar surface area (TPSA) is 112 Å². The molecule has 2 aliphatic rings. The van der Waals surface area contributed by atoms with Crippen LogP contribution in [0.4, 0.5) is 4.39 Å². The second-order valence-electron chi connectivity index (χ2n) is 9.20. The van der Waals surface area contributed by atoms with Gasteiger partial charge < -0.3 is 25.8 Å². The van der Waals surface area contributed by atoms with E-state index in [9.17, 15) is 18.8 Å². The van der Waals surface area contributed by atoms with E-state index >= 15 is 0 Å². The largest absolute Gasteiger partial charge is 0.354 e. The van der Waals surface area contributed by atoms with Crippen molar-refractivity contribution in [3.63, 3.8) is 0 Å². The molecule has 3 heterocycles. The predicted octanol–water partition coefficient (Wildman–Crippen LogP) is 2.17. The van der Waals surface area contributed by atoms with Crippen LogP contribution in [0, 0.1) is 5.82 Å². The first-order valence-corrected chi connectivity index (χ1v) is 11.8. The number of likely N-dealkylation sites (N-methyl/N-ethyl adjacent to an activating group) is 1. The third kappa shape index (κ3) is 4.16. The third-order valence-corrected chi connectivity index (χ3v) is 6.94. The number of hydrogen-bond acceptors (Lipinski definition) is 4. The molecule has 2 aliphatic heterocycles. The van der Waals surface area contributed by atoms with Crippen molar-refractivity contribution in [2.75, 3.05) is 26.7 Å². The van der Waals surface area contributed by atoms with Crippen LogP contribution in [-0.2, 0) is 22.6 Å².